The van der Waals surface area contributed by atoms with E-state index in [1.165, 1.54) is 23.3 Å². The molecule has 198 valence electrons. The zero-order chi connectivity index (χ0) is 27.4. The highest BCUT2D eigenvalue weighted by Crippen LogP contribution is 2.26. The monoisotopic (exact) mass is 524 g/mol. The number of rotatable bonds is 6. The Balaban J connectivity index is 0.000000160. The molecule has 0 radical (unpaired) electrons. The van der Waals surface area contributed by atoms with Gasteiger partial charge in [0.1, 0.15) is 0 Å². The van der Waals surface area contributed by atoms with Gasteiger partial charge in [-0.25, -0.2) is 8.78 Å². The van der Waals surface area contributed by atoms with Crippen molar-refractivity contribution >= 4 is 33.2 Å². The van der Waals surface area contributed by atoms with Gasteiger partial charge in [0, 0.05) is 42.1 Å². The third kappa shape index (κ3) is 5.31. The van der Waals surface area contributed by atoms with E-state index in [0.29, 0.717) is 11.4 Å². The summed E-state index contributed by atoms with van der Waals surface area (Å²) >= 11 is 0. The van der Waals surface area contributed by atoms with E-state index in [1.54, 1.807) is 24.5 Å². The highest BCUT2D eigenvalue weighted by atomic mass is 19.1. The van der Waals surface area contributed by atoms with Gasteiger partial charge in [0.2, 0.25) is 0 Å². The molecule has 0 spiro atoms. The topological polar surface area (TPSA) is 50.9 Å². The Hall–Kier alpha value is -4.72. The summed E-state index contributed by atoms with van der Waals surface area (Å²) in [5.41, 5.74) is 8.42. The van der Waals surface area contributed by atoms with Crippen LogP contribution < -0.4 is 10.4 Å². The van der Waals surface area contributed by atoms with Crippen LogP contribution in [0.3, 0.4) is 0 Å². The summed E-state index contributed by atoms with van der Waals surface area (Å²) in [6.45, 7) is 6.93. The van der Waals surface area contributed by atoms with Crippen molar-refractivity contribution in [3.63, 3.8) is 0 Å². The normalized spacial score (nSPS) is 10.9. The van der Waals surface area contributed by atoms with E-state index in [-0.39, 0.29) is 11.6 Å². The molecular formula is C31H30F2N6. The number of fused-ring (bicyclic) bond motifs is 2. The lowest BCUT2D eigenvalue weighted by Crippen LogP contribution is -2.30. The quantitative estimate of drug-likeness (QED) is 0.245. The first kappa shape index (κ1) is 25.9. The van der Waals surface area contributed by atoms with Crippen LogP contribution in [0.1, 0.15) is 24.5 Å². The van der Waals surface area contributed by atoms with Gasteiger partial charge in [-0.3, -0.25) is 29.8 Å². The third-order valence-corrected chi connectivity index (χ3v) is 6.54. The molecule has 6 aromatic rings. The molecule has 8 heteroatoms. The molecule has 4 aromatic heterocycles. The molecule has 39 heavy (non-hydrogen) atoms. The van der Waals surface area contributed by atoms with Crippen molar-refractivity contribution in [3.8, 4) is 0 Å². The average molecular weight is 525 g/mol. The smallest absolute Gasteiger partial charge is 0.166 e. The zero-order valence-corrected chi connectivity index (χ0v) is 22.1. The molecule has 0 unspecified atom stereocenters. The molecule has 6 rings (SSSR count). The van der Waals surface area contributed by atoms with Gasteiger partial charge in [0.15, 0.2) is 11.6 Å². The Kier molecular flexibility index (Phi) is 7.54. The van der Waals surface area contributed by atoms with Crippen LogP contribution >= 0.6 is 0 Å². The minimum Gasteiger partial charge on any atom is -0.291 e. The Morgan fingerprint density at radius 2 is 1.38 bits per heavy atom. The summed E-state index contributed by atoms with van der Waals surface area (Å²) in [4.78, 5) is 7.57. The first-order valence-corrected chi connectivity index (χ1v) is 12.8. The van der Waals surface area contributed by atoms with Gasteiger partial charge in [0.25, 0.3) is 0 Å². The fourth-order valence-corrected chi connectivity index (χ4v) is 4.70. The van der Waals surface area contributed by atoms with Crippen molar-refractivity contribution in [3.05, 3.63) is 121 Å². The maximum absolute atomic E-state index is 14.1. The van der Waals surface area contributed by atoms with Crippen LogP contribution in [-0.2, 0) is 0 Å². The minimum absolute atomic E-state index is 0.304. The second kappa shape index (κ2) is 11.3. The first-order chi connectivity index (χ1) is 19.0. The van der Waals surface area contributed by atoms with Crippen molar-refractivity contribution in [2.45, 2.75) is 27.2 Å². The van der Waals surface area contributed by atoms with E-state index in [1.807, 2.05) is 63.9 Å². The highest BCUT2D eigenvalue weighted by molar-refractivity contribution is 5.85. The third-order valence-electron chi connectivity index (χ3n) is 6.54. The van der Waals surface area contributed by atoms with Crippen molar-refractivity contribution in [1.82, 2.24) is 19.3 Å². The first-order valence-electron chi connectivity index (χ1n) is 12.8. The molecule has 0 fully saturated rings. The highest BCUT2D eigenvalue weighted by Gasteiger charge is 2.16. The summed E-state index contributed by atoms with van der Waals surface area (Å²) in [6.07, 6.45) is 10.6. The van der Waals surface area contributed by atoms with E-state index in [2.05, 4.69) is 47.6 Å². The van der Waals surface area contributed by atoms with Gasteiger partial charge >= 0.3 is 0 Å². The van der Waals surface area contributed by atoms with Crippen LogP contribution in [0.5, 0.6) is 0 Å². The molecule has 6 nitrogen and oxygen atoms in total. The molecule has 0 aliphatic heterocycles. The minimum atomic E-state index is -0.368. The number of aromatic nitrogens is 4. The van der Waals surface area contributed by atoms with Gasteiger partial charge in [-0.15, -0.1) is 0 Å². The Labute approximate surface area is 226 Å². The molecule has 1 N–H and O–H groups in total. The number of hydrogen-bond donors (Lipinski definition) is 1. The summed E-state index contributed by atoms with van der Waals surface area (Å²) in [5.74, 6) is -0.672. The molecule has 0 bridgehead atoms. The number of nitrogens with one attached hydrogen (secondary N) is 1. The van der Waals surface area contributed by atoms with Crippen LogP contribution in [-0.4, -0.2) is 25.9 Å². The largest absolute Gasteiger partial charge is 0.291 e. The summed E-state index contributed by atoms with van der Waals surface area (Å²) in [7, 11) is 0. The van der Waals surface area contributed by atoms with E-state index >= 15 is 0 Å². The predicted molar refractivity (Wildman–Crippen MR) is 154 cm³/mol. The van der Waals surface area contributed by atoms with Crippen LogP contribution in [0.25, 0.3) is 21.8 Å². The molecule has 2 aromatic carbocycles. The molecule has 0 saturated carbocycles. The van der Waals surface area contributed by atoms with Gasteiger partial charge < -0.3 is 0 Å². The molecule has 0 amide bonds. The number of benzene rings is 2. The van der Waals surface area contributed by atoms with Gasteiger partial charge in [-0.2, -0.15) is 0 Å². The fourth-order valence-electron chi connectivity index (χ4n) is 4.70. The van der Waals surface area contributed by atoms with Crippen molar-refractivity contribution < 1.29 is 8.78 Å². The molecule has 0 aliphatic carbocycles. The van der Waals surface area contributed by atoms with Crippen molar-refractivity contribution in [2.24, 2.45) is 0 Å². The van der Waals surface area contributed by atoms with Gasteiger partial charge in [0.05, 0.1) is 34.8 Å². The van der Waals surface area contributed by atoms with Gasteiger partial charge in [-0.05, 0) is 55.7 Å². The number of anilines is 2. The van der Waals surface area contributed by atoms with Crippen LogP contribution in [0.4, 0.5) is 20.2 Å². The lowest BCUT2D eigenvalue weighted by molar-refractivity contribution is 0.596. The second-order valence-electron chi connectivity index (χ2n) is 9.29. The molecule has 4 heterocycles. The molecular weight excluding hydrogens is 494 g/mol. The standard InChI is InChI=1S/C17H18FN3.C14H12FN3/c1-3-10-20(17-8-9-19-11-15(17)18)21-12-13(2)14-6-4-5-7-16(14)21;1-10-9-18(14-5-3-2-4-11(10)14)17-13-6-7-16-8-12(13)15/h4-9,11-12H,3,10H2,1-2H3;2-9H,1H3,(H,16,17). The van der Waals surface area contributed by atoms with E-state index < -0.39 is 0 Å². The Morgan fingerprint density at radius 3 is 2.08 bits per heavy atom. The predicted octanol–water partition coefficient (Wildman–Crippen LogP) is 7.52. The summed E-state index contributed by atoms with van der Waals surface area (Å²) < 4.78 is 31.5. The lowest BCUT2D eigenvalue weighted by atomic mass is 10.2. The number of aryl methyl sites for hydroxylation is 2. The Bertz CT molecular complexity index is 1720. The van der Waals surface area contributed by atoms with Crippen molar-refractivity contribution in [1.29, 1.82) is 0 Å². The van der Waals surface area contributed by atoms with Crippen LogP contribution in [0, 0.1) is 25.5 Å². The average Bonchev–Trinajstić information content (AvgIpc) is 3.46. The second-order valence-corrected chi connectivity index (χ2v) is 9.29. The lowest BCUT2D eigenvalue weighted by Gasteiger charge is -2.26. The summed E-state index contributed by atoms with van der Waals surface area (Å²) in [5, 5.41) is 4.30. The Morgan fingerprint density at radius 1 is 0.769 bits per heavy atom. The number of hydrogen-bond acceptors (Lipinski definition) is 4. The maximum atomic E-state index is 14.1. The molecule has 0 atom stereocenters. The number of pyridine rings is 2. The van der Waals surface area contributed by atoms with E-state index in [9.17, 15) is 8.78 Å². The fraction of sp³-hybridized carbons (Fsp3) is 0.161. The van der Waals surface area contributed by atoms with Crippen LogP contribution in [0.15, 0.2) is 97.8 Å². The molecule has 0 saturated heterocycles. The zero-order valence-electron chi connectivity index (χ0n) is 22.1. The van der Waals surface area contributed by atoms with Crippen LogP contribution in [0.2, 0.25) is 0 Å². The number of halogens is 2. The number of nitrogens with zero attached hydrogens (tertiary/aromatic N) is 5. The SMILES string of the molecule is CCCN(c1ccncc1F)n1cc(C)c2ccccc21.Cc1cn(Nc2ccncc2F)c2ccccc12. The maximum Gasteiger partial charge on any atom is 0.166 e. The molecule has 0 aliphatic rings. The van der Waals surface area contributed by atoms with Crippen molar-refractivity contribution in [2.75, 3.05) is 17.0 Å². The van der Waals surface area contributed by atoms with E-state index in [4.69, 9.17) is 0 Å². The van der Waals surface area contributed by atoms with Gasteiger partial charge in [-0.1, -0.05) is 43.3 Å². The number of para-hydroxylation sites is 2. The summed E-state index contributed by atoms with van der Waals surface area (Å²) in [6, 6.07) is 19.5. The van der Waals surface area contributed by atoms with E-state index in [0.717, 1.165) is 34.9 Å².